The van der Waals surface area contributed by atoms with E-state index in [9.17, 15) is 4.79 Å². The number of unbranched alkanes of at least 4 members (excludes halogenated alkanes) is 1. The van der Waals surface area contributed by atoms with Gasteiger partial charge in [0.25, 0.3) is 0 Å². The van der Waals surface area contributed by atoms with Crippen molar-refractivity contribution in [3.8, 4) is 0 Å². The first kappa shape index (κ1) is 15.8. The highest BCUT2D eigenvalue weighted by atomic mass is 35.5. The van der Waals surface area contributed by atoms with E-state index in [0.717, 1.165) is 19.3 Å². The third-order valence-corrected chi connectivity index (χ3v) is 2.50. The second kappa shape index (κ2) is 6.48. The fraction of sp³-hybridized carbons (Fsp3) is 0.923. The zero-order valence-electron chi connectivity index (χ0n) is 11.3. The number of carbonyl (C=O) groups excluding carboxylic acids is 1. The van der Waals surface area contributed by atoms with Gasteiger partial charge in [-0.15, -0.1) is 11.6 Å². The van der Waals surface area contributed by atoms with Gasteiger partial charge in [-0.3, -0.25) is 4.79 Å². The second-order valence-electron chi connectivity index (χ2n) is 6.32. The van der Waals surface area contributed by atoms with Gasteiger partial charge in [0.15, 0.2) is 0 Å². The van der Waals surface area contributed by atoms with Crippen LogP contribution in [-0.4, -0.2) is 17.3 Å². The average Bonchev–Trinajstić information content (AvgIpc) is 1.98. The third-order valence-electron chi connectivity index (χ3n) is 2.24. The molecule has 0 aromatic rings. The van der Waals surface area contributed by atoms with E-state index in [1.54, 1.807) is 0 Å². The molecule has 3 heteroatoms. The maximum Gasteiger partial charge on any atom is 0.220 e. The Morgan fingerprint density at radius 3 is 2.12 bits per heavy atom. The first-order valence-corrected chi connectivity index (χ1v) is 6.57. The SMILES string of the molecule is CC(C)(C)CC(C)(C)NC(=O)CCCCCl. The monoisotopic (exact) mass is 247 g/mol. The van der Waals surface area contributed by atoms with Crippen LogP contribution in [0.15, 0.2) is 0 Å². The predicted octanol–water partition coefficient (Wildman–Crippen LogP) is 3.73. The minimum Gasteiger partial charge on any atom is -0.351 e. The van der Waals surface area contributed by atoms with Crippen LogP contribution in [0.4, 0.5) is 0 Å². The van der Waals surface area contributed by atoms with E-state index >= 15 is 0 Å². The van der Waals surface area contributed by atoms with Crippen LogP contribution in [0, 0.1) is 5.41 Å². The molecule has 0 radical (unpaired) electrons. The average molecular weight is 248 g/mol. The molecule has 96 valence electrons. The summed E-state index contributed by atoms with van der Waals surface area (Å²) >= 11 is 5.57. The van der Waals surface area contributed by atoms with Gasteiger partial charge in [-0.2, -0.15) is 0 Å². The Labute approximate surface area is 105 Å². The molecule has 0 aliphatic carbocycles. The molecular weight excluding hydrogens is 222 g/mol. The molecule has 0 aromatic carbocycles. The van der Waals surface area contributed by atoms with Gasteiger partial charge in [0.05, 0.1) is 0 Å². The van der Waals surface area contributed by atoms with Crippen molar-refractivity contribution < 1.29 is 4.79 Å². The summed E-state index contributed by atoms with van der Waals surface area (Å²) in [6.07, 6.45) is 3.34. The van der Waals surface area contributed by atoms with Gasteiger partial charge in [-0.05, 0) is 38.5 Å². The van der Waals surface area contributed by atoms with Crippen LogP contribution in [0.1, 0.15) is 60.3 Å². The van der Waals surface area contributed by atoms with Crippen molar-refractivity contribution in [1.82, 2.24) is 5.32 Å². The van der Waals surface area contributed by atoms with Crippen LogP contribution >= 0.6 is 11.6 Å². The highest BCUT2D eigenvalue weighted by molar-refractivity contribution is 6.17. The standard InChI is InChI=1S/C13H26ClNO/c1-12(2,3)10-13(4,5)15-11(16)8-6-7-9-14/h6-10H2,1-5H3,(H,15,16). The third kappa shape index (κ3) is 9.02. The number of carbonyl (C=O) groups is 1. The summed E-state index contributed by atoms with van der Waals surface area (Å²) in [6, 6.07) is 0. The van der Waals surface area contributed by atoms with Gasteiger partial charge in [0.2, 0.25) is 5.91 Å². The van der Waals surface area contributed by atoms with E-state index in [0.29, 0.717) is 12.3 Å². The molecule has 16 heavy (non-hydrogen) atoms. The van der Waals surface area contributed by atoms with Crippen molar-refractivity contribution in [3.63, 3.8) is 0 Å². The zero-order valence-corrected chi connectivity index (χ0v) is 12.1. The fourth-order valence-electron chi connectivity index (χ4n) is 2.19. The number of alkyl halides is 1. The lowest BCUT2D eigenvalue weighted by molar-refractivity contribution is -0.123. The first-order chi connectivity index (χ1) is 7.16. The lowest BCUT2D eigenvalue weighted by atomic mass is 9.82. The molecule has 1 N–H and O–H groups in total. The number of nitrogens with one attached hydrogen (secondary N) is 1. The van der Waals surface area contributed by atoms with Gasteiger partial charge in [-0.25, -0.2) is 0 Å². The summed E-state index contributed by atoms with van der Waals surface area (Å²) in [5.74, 6) is 0.776. The number of halogens is 1. The van der Waals surface area contributed by atoms with Crippen molar-refractivity contribution in [3.05, 3.63) is 0 Å². The zero-order chi connectivity index (χ0) is 12.8. The molecule has 0 heterocycles. The molecule has 0 rings (SSSR count). The Kier molecular flexibility index (Phi) is 6.39. The van der Waals surface area contributed by atoms with Crippen molar-refractivity contribution in [2.45, 2.75) is 65.8 Å². The summed E-state index contributed by atoms with van der Waals surface area (Å²) in [7, 11) is 0. The minimum absolute atomic E-state index is 0.129. The lowest BCUT2D eigenvalue weighted by Crippen LogP contribution is -2.45. The highest BCUT2D eigenvalue weighted by Crippen LogP contribution is 2.26. The Hall–Kier alpha value is -0.240. The highest BCUT2D eigenvalue weighted by Gasteiger charge is 2.26. The van der Waals surface area contributed by atoms with E-state index in [1.807, 2.05) is 0 Å². The lowest BCUT2D eigenvalue weighted by Gasteiger charge is -2.33. The van der Waals surface area contributed by atoms with E-state index in [-0.39, 0.29) is 16.9 Å². The van der Waals surface area contributed by atoms with Crippen LogP contribution in [0.3, 0.4) is 0 Å². The summed E-state index contributed by atoms with van der Waals surface area (Å²) in [4.78, 5) is 11.7. The molecule has 0 aliphatic rings. The number of amides is 1. The van der Waals surface area contributed by atoms with Crippen molar-refractivity contribution in [1.29, 1.82) is 0 Å². The van der Waals surface area contributed by atoms with Crippen molar-refractivity contribution in [2.75, 3.05) is 5.88 Å². The molecule has 0 spiro atoms. The van der Waals surface area contributed by atoms with Gasteiger partial charge >= 0.3 is 0 Å². The van der Waals surface area contributed by atoms with Crippen molar-refractivity contribution in [2.24, 2.45) is 5.41 Å². The summed E-state index contributed by atoms with van der Waals surface area (Å²) in [6.45, 7) is 10.7. The number of rotatable bonds is 6. The predicted molar refractivity (Wildman–Crippen MR) is 70.9 cm³/mol. The molecule has 1 amide bonds. The Morgan fingerprint density at radius 1 is 1.12 bits per heavy atom. The molecular formula is C13H26ClNO. The van der Waals surface area contributed by atoms with Crippen LogP contribution in [-0.2, 0) is 4.79 Å². The molecule has 0 aliphatic heterocycles. The molecule has 0 bridgehead atoms. The van der Waals surface area contributed by atoms with Crippen LogP contribution in [0.25, 0.3) is 0 Å². The van der Waals surface area contributed by atoms with E-state index in [2.05, 4.69) is 39.9 Å². The quantitative estimate of drug-likeness (QED) is 0.563. The van der Waals surface area contributed by atoms with Gasteiger partial charge in [0, 0.05) is 17.8 Å². The largest absolute Gasteiger partial charge is 0.351 e. The molecule has 2 nitrogen and oxygen atoms in total. The first-order valence-electron chi connectivity index (χ1n) is 6.03. The smallest absolute Gasteiger partial charge is 0.220 e. The van der Waals surface area contributed by atoms with Gasteiger partial charge in [-0.1, -0.05) is 20.8 Å². The maximum absolute atomic E-state index is 11.7. The summed E-state index contributed by atoms with van der Waals surface area (Å²) in [5, 5.41) is 3.09. The molecule has 0 aromatic heterocycles. The van der Waals surface area contributed by atoms with E-state index in [4.69, 9.17) is 11.6 Å². The Balaban J connectivity index is 4.00. The van der Waals surface area contributed by atoms with E-state index in [1.165, 1.54) is 0 Å². The van der Waals surface area contributed by atoms with Crippen LogP contribution in [0.5, 0.6) is 0 Å². The molecule has 0 saturated carbocycles. The number of hydrogen-bond acceptors (Lipinski definition) is 1. The maximum atomic E-state index is 11.7. The molecule has 0 saturated heterocycles. The van der Waals surface area contributed by atoms with Crippen molar-refractivity contribution >= 4 is 17.5 Å². The van der Waals surface area contributed by atoms with Gasteiger partial charge < -0.3 is 5.32 Å². The van der Waals surface area contributed by atoms with E-state index < -0.39 is 0 Å². The van der Waals surface area contributed by atoms with Gasteiger partial charge in [0.1, 0.15) is 0 Å². The second-order valence-corrected chi connectivity index (χ2v) is 6.69. The Bertz CT molecular complexity index is 218. The van der Waals surface area contributed by atoms with Crippen LogP contribution in [0.2, 0.25) is 0 Å². The van der Waals surface area contributed by atoms with Crippen LogP contribution < -0.4 is 5.32 Å². The molecule has 0 fully saturated rings. The molecule has 0 unspecified atom stereocenters. The normalized spacial score (nSPS) is 12.6. The summed E-state index contributed by atoms with van der Waals surface area (Å²) in [5.41, 5.74) is 0.100. The minimum atomic E-state index is -0.129. The summed E-state index contributed by atoms with van der Waals surface area (Å²) < 4.78 is 0. The molecule has 0 atom stereocenters. The topological polar surface area (TPSA) is 29.1 Å². The Morgan fingerprint density at radius 2 is 1.69 bits per heavy atom. The number of hydrogen-bond donors (Lipinski definition) is 1. The fourth-order valence-corrected chi connectivity index (χ4v) is 2.38.